The van der Waals surface area contributed by atoms with E-state index in [-0.39, 0.29) is 6.61 Å². The maximum Gasteiger partial charge on any atom is 0.360 e. The quantitative estimate of drug-likeness (QED) is 0.779. The van der Waals surface area contributed by atoms with Crippen molar-refractivity contribution in [1.82, 2.24) is 9.78 Å². The molecule has 5 heteroatoms. The van der Waals surface area contributed by atoms with Crippen molar-refractivity contribution in [3.05, 3.63) is 18.0 Å². The number of hydrogen-bond acceptors (Lipinski definition) is 2. The van der Waals surface area contributed by atoms with Gasteiger partial charge in [0.25, 0.3) is 0 Å². The van der Waals surface area contributed by atoms with Gasteiger partial charge in [-0.05, 0) is 6.07 Å². The lowest BCUT2D eigenvalue weighted by Crippen LogP contribution is -2.36. The molecule has 0 saturated heterocycles. The van der Waals surface area contributed by atoms with Crippen LogP contribution in [0.3, 0.4) is 0 Å². The zero-order valence-electron chi connectivity index (χ0n) is 9.42. The third-order valence-electron chi connectivity index (χ3n) is 2.04. The summed E-state index contributed by atoms with van der Waals surface area (Å²) in [5.74, 6) is 0. The molecule has 86 valence electrons. The zero-order valence-corrected chi connectivity index (χ0v) is 9.42. The molecule has 1 heterocycles. The molecule has 0 aliphatic carbocycles. The fourth-order valence-corrected chi connectivity index (χ4v) is 0.921. The molecule has 0 aliphatic rings. The van der Waals surface area contributed by atoms with Gasteiger partial charge in [0.15, 0.2) is 0 Å². The van der Waals surface area contributed by atoms with Crippen LogP contribution in [0.1, 0.15) is 26.5 Å². The monoisotopic (exact) mass is 218 g/mol. The van der Waals surface area contributed by atoms with Crippen molar-refractivity contribution >= 4 is 0 Å². The first-order valence-electron chi connectivity index (χ1n) is 4.73. The van der Waals surface area contributed by atoms with Crippen molar-refractivity contribution in [2.24, 2.45) is 12.5 Å². The maximum absolute atomic E-state index is 13.4. The highest BCUT2D eigenvalue weighted by Crippen LogP contribution is 2.37. The summed E-state index contributed by atoms with van der Waals surface area (Å²) in [6.07, 6.45) is -1.46. The number of hydrogen-bond donors (Lipinski definition) is 0. The first-order chi connectivity index (χ1) is 6.72. The van der Waals surface area contributed by atoms with Crippen molar-refractivity contribution in [3.8, 4) is 0 Å². The van der Waals surface area contributed by atoms with Crippen LogP contribution < -0.4 is 0 Å². The SMILES string of the molecule is Cn1ccc(COC(F)(F)C(C)(C)C)n1. The number of halogens is 2. The predicted octanol–water partition coefficient (Wildman–Crippen LogP) is 2.58. The van der Waals surface area contributed by atoms with Gasteiger partial charge in [-0.3, -0.25) is 4.68 Å². The van der Waals surface area contributed by atoms with Crippen molar-refractivity contribution in [2.75, 3.05) is 0 Å². The number of ether oxygens (including phenoxy) is 1. The lowest BCUT2D eigenvalue weighted by atomic mass is 9.95. The van der Waals surface area contributed by atoms with Crippen molar-refractivity contribution in [1.29, 1.82) is 0 Å². The van der Waals surface area contributed by atoms with Gasteiger partial charge >= 0.3 is 6.11 Å². The van der Waals surface area contributed by atoms with Crippen LogP contribution in [0.15, 0.2) is 12.3 Å². The molecule has 0 spiro atoms. The topological polar surface area (TPSA) is 27.1 Å². The zero-order chi connectivity index (χ0) is 11.7. The number of alkyl halides is 2. The van der Waals surface area contributed by atoms with Crippen LogP contribution in [0, 0.1) is 5.41 Å². The van der Waals surface area contributed by atoms with E-state index in [0.717, 1.165) is 0 Å². The number of rotatable bonds is 3. The Bertz CT molecular complexity index is 328. The van der Waals surface area contributed by atoms with E-state index in [1.54, 1.807) is 24.0 Å². The summed E-state index contributed by atoms with van der Waals surface area (Å²) in [6.45, 7) is 4.13. The molecule has 0 aliphatic heterocycles. The van der Waals surface area contributed by atoms with Crippen molar-refractivity contribution < 1.29 is 13.5 Å². The smallest absolute Gasteiger partial charge is 0.314 e. The summed E-state index contributed by atoms with van der Waals surface area (Å²) in [5, 5.41) is 3.95. The van der Waals surface area contributed by atoms with Gasteiger partial charge in [0, 0.05) is 13.2 Å². The van der Waals surface area contributed by atoms with E-state index in [9.17, 15) is 8.78 Å². The molecular formula is C10H16F2N2O. The van der Waals surface area contributed by atoms with Gasteiger partial charge in [0.2, 0.25) is 0 Å². The maximum atomic E-state index is 13.4. The van der Waals surface area contributed by atoms with Crippen LogP contribution in [0.2, 0.25) is 0 Å². The molecule has 3 nitrogen and oxygen atoms in total. The fourth-order valence-electron chi connectivity index (χ4n) is 0.921. The second-order valence-corrected chi connectivity index (χ2v) is 4.54. The van der Waals surface area contributed by atoms with E-state index in [4.69, 9.17) is 0 Å². The van der Waals surface area contributed by atoms with Crippen LogP contribution in [0.4, 0.5) is 8.78 Å². The van der Waals surface area contributed by atoms with Crippen LogP contribution >= 0.6 is 0 Å². The lowest BCUT2D eigenvalue weighted by molar-refractivity contribution is -0.301. The first kappa shape index (κ1) is 12.1. The average molecular weight is 218 g/mol. The fraction of sp³-hybridized carbons (Fsp3) is 0.700. The van der Waals surface area contributed by atoms with Gasteiger partial charge in [-0.15, -0.1) is 0 Å². The lowest BCUT2D eigenvalue weighted by Gasteiger charge is -2.29. The Morgan fingerprint density at radius 2 is 2.00 bits per heavy atom. The standard InChI is InChI=1S/C10H16F2N2O/c1-9(2,3)10(11,12)15-7-8-5-6-14(4)13-8/h5-6H,7H2,1-4H3. The number of aryl methyl sites for hydroxylation is 1. The third kappa shape index (κ3) is 2.99. The van der Waals surface area contributed by atoms with E-state index in [0.29, 0.717) is 5.69 Å². The molecule has 1 rings (SSSR count). The van der Waals surface area contributed by atoms with Gasteiger partial charge in [0.1, 0.15) is 0 Å². The molecule has 0 bridgehead atoms. The van der Waals surface area contributed by atoms with Crippen LogP contribution in [-0.4, -0.2) is 15.9 Å². The van der Waals surface area contributed by atoms with Gasteiger partial charge in [-0.2, -0.15) is 13.9 Å². The minimum atomic E-state index is -3.15. The van der Waals surface area contributed by atoms with Crippen LogP contribution in [-0.2, 0) is 18.4 Å². The highest BCUT2D eigenvalue weighted by atomic mass is 19.3. The summed E-state index contributed by atoms with van der Waals surface area (Å²) in [6, 6.07) is 1.65. The largest absolute Gasteiger partial charge is 0.360 e. The average Bonchev–Trinajstić information content (AvgIpc) is 2.46. The molecule has 0 aromatic carbocycles. The molecule has 15 heavy (non-hydrogen) atoms. The second-order valence-electron chi connectivity index (χ2n) is 4.54. The molecule has 0 saturated carbocycles. The van der Waals surface area contributed by atoms with E-state index in [2.05, 4.69) is 9.84 Å². The molecule has 1 aromatic heterocycles. The summed E-state index contributed by atoms with van der Waals surface area (Å²) >= 11 is 0. The predicted molar refractivity (Wildman–Crippen MR) is 52.4 cm³/mol. The summed E-state index contributed by atoms with van der Waals surface area (Å²) in [7, 11) is 1.73. The Morgan fingerprint density at radius 1 is 1.40 bits per heavy atom. The summed E-state index contributed by atoms with van der Waals surface area (Å²) in [5.41, 5.74) is -0.705. The van der Waals surface area contributed by atoms with Crippen LogP contribution in [0.5, 0.6) is 0 Å². The molecule has 0 N–H and O–H groups in total. The highest BCUT2D eigenvalue weighted by Gasteiger charge is 2.44. The molecule has 0 unspecified atom stereocenters. The molecule has 1 aromatic rings. The van der Waals surface area contributed by atoms with Gasteiger partial charge in [-0.1, -0.05) is 20.8 Å². The first-order valence-corrected chi connectivity index (χ1v) is 4.73. The van der Waals surface area contributed by atoms with E-state index in [1.807, 2.05) is 0 Å². The minimum Gasteiger partial charge on any atom is -0.314 e. The molecule has 0 radical (unpaired) electrons. The van der Waals surface area contributed by atoms with E-state index < -0.39 is 11.5 Å². The Labute approximate surface area is 88.0 Å². The van der Waals surface area contributed by atoms with Crippen LogP contribution in [0.25, 0.3) is 0 Å². The Hall–Kier alpha value is -0.970. The minimum absolute atomic E-state index is 0.175. The normalized spacial score (nSPS) is 13.2. The van der Waals surface area contributed by atoms with Gasteiger partial charge in [0.05, 0.1) is 17.7 Å². The molecular weight excluding hydrogens is 202 g/mol. The third-order valence-corrected chi connectivity index (χ3v) is 2.04. The van der Waals surface area contributed by atoms with Gasteiger partial charge in [-0.25, -0.2) is 0 Å². The Balaban J connectivity index is 2.57. The summed E-state index contributed by atoms with van der Waals surface area (Å²) in [4.78, 5) is 0. The molecule has 0 fully saturated rings. The van der Waals surface area contributed by atoms with Gasteiger partial charge < -0.3 is 4.74 Å². The Morgan fingerprint density at radius 3 is 2.40 bits per heavy atom. The van der Waals surface area contributed by atoms with E-state index >= 15 is 0 Å². The second kappa shape index (κ2) is 3.89. The molecule has 0 atom stereocenters. The Kier molecular flexibility index (Phi) is 3.13. The number of aromatic nitrogens is 2. The summed E-state index contributed by atoms with van der Waals surface area (Å²) < 4.78 is 32.9. The van der Waals surface area contributed by atoms with Crippen molar-refractivity contribution in [3.63, 3.8) is 0 Å². The number of nitrogens with zero attached hydrogens (tertiary/aromatic N) is 2. The van der Waals surface area contributed by atoms with E-state index in [1.165, 1.54) is 20.8 Å². The van der Waals surface area contributed by atoms with Crippen molar-refractivity contribution in [2.45, 2.75) is 33.5 Å². The highest BCUT2D eigenvalue weighted by molar-refractivity contribution is 4.96. The molecule has 0 amide bonds.